The standard InChI is InChI=1S/C25H32N2O3/c1-7-11-22(25(4,5)6)27(23(28)21-15-18(2)14-19(3)16-21)26-24(29)30-17-20-12-9-8-10-13-20/h7-10,12-16,22H,1,11,17H2,2-6H3,(H,26,29)/t22-/m1/s1. The van der Waals surface area contributed by atoms with Crippen LogP contribution in [0, 0.1) is 19.3 Å². The number of nitrogens with one attached hydrogen (secondary N) is 1. The number of hydrogen-bond donors (Lipinski definition) is 1. The van der Waals surface area contributed by atoms with Gasteiger partial charge in [0, 0.05) is 5.56 Å². The zero-order chi connectivity index (χ0) is 22.3. The van der Waals surface area contributed by atoms with Crippen molar-refractivity contribution in [2.75, 3.05) is 0 Å². The molecule has 30 heavy (non-hydrogen) atoms. The fourth-order valence-electron chi connectivity index (χ4n) is 3.37. The van der Waals surface area contributed by atoms with Crippen LogP contribution in [0.25, 0.3) is 0 Å². The Bertz CT molecular complexity index is 865. The molecule has 2 rings (SSSR count). The van der Waals surface area contributed by atoms with Crippen LogP contribution in [0.2, 0.25) is 0 Å². The van der Waals surface area contributed by atoms with Crippen molar-refractivity contribution in [2.24, 2.45) is 5.41 Å². The van der Waals surface area contributed by atoms with Crippen LogP contribution < -0.4 is 5.43 Å². The fraction of sp³-hybridized carbons (Fsp3) is 0.360. The lowest BCUT2D eigenvalue weighted by Crippen LogP contribution is -2.56. The topological polar surface area (TPSA) is 58.6 Å². The van der Waals surface area contributed by atoms with Crippen LogP contribution in [0.4, 0.5) is 4.79 Å². The number of benzene rings is 2. The number of aryl methyl sites for hydroxylation is 2. The second kappa shape index (κ2) is 10.1. The van der Waals surface area contributed by atoms with E-state index in [0.717, 1.165) is 16.7 Å². The number of hydrazine groups is 1. The van der Waals surface area contributed by atoms with Crippen LogP contribution >= 0.6 is 0 Å². The van der Waals surface area contributed by atoms with E-state index in [1.807, 2.05) is 83.1 Å². The first-order valence-electron chi connectivity index (χ1n) is 10.1. The third-order valence-corrected chi connectivity index (χ3v) is 4.81. The summed E-state index contributed by atoms with van der Waals surface area (Å²) in [5, 5.41) is 1.39. The van der Waals surface area contributed by atoms with Gasteiger partial charge < -0.3 is 4.74 Å². The Morgan fingerprint density at radius 2 is 1.70 bits per heavy atom. The SMILES string of the molecule is C=CC[C@@H](N(NC(=O)OCc1ccccc1)C(=O)c1cc(C)cc(C)c1)C(C)(C)C. The molecule has 0 aliphatic carbocycles. The molecular weight excluding hydrogens is 376 g/mol. The highest BCUT2D eigenvalue weighted by Gasteiger charge is 2.35. The van der Waals surface area contributed by atoms with E-state index in [1.54, 1.807) is 6.08 Å². The maximum Gasteiger partial charge on any atom is 0.426 e. The molecule has 0 fully saturated rings. The van der Waals surface area contributed by atoms with E-state index in [9.17, 15) is 9.59 Å². The van der Waals surface area contributed by atoms with Gasteiger partial charge in [-0.05, 0) is 43.4 Å². The lowest BCUT2D eigenvalue weighted by Gasteiger charge is -2.39. The van der Waals surface area contributed by atoms with Crippen molar-refractivity contribution in [3.8, 4) is 0 Å². The zero-order valence-electron chi connectivity index (χ0n) is 18.6. The summed E-state index contributed by atoms with van der Waals surface area (Å²) in [6.45, 7) is 13.9. The van der Waals surface area contributed by atoms with Crippen molar-refractivity contribution in [1.29, 1.82) is 0 Å². The molecule has 0 heterocycles. The van der Waals surface area contributed by atoms with Gasteiger partial charge in [0.25, 0.3) is 5.91 Å². The summed E-state index contributed by atoms with van der Waals surface area (Å²) in [6, 6.07) is 14.8. The molecule has 2 aromatic carbocycles. The fourth-order valence-corrected chi connectivity index (χ4v) is 3.37. The Labute approximate surface area is 179 Å². The summed E-state index contributed by atoms with van der Waals surface area (Å²) < 4.78 is 5.36. The van der Waals surface area contributed by atoms with Crippen LogP contribution in [0.15, 0.2) is 61.2 Å². The van der Waals surface area contributed by atoms with Crippen molar-refractivity contribution in [3.05, 3.63) is 83.4 Å². The lowest BCUT2D eigenvalue weighted by atomic mass is 9.84. The predicted octanol–water partition coefficient (Wildman–Crippen LogP) is 5.58. The van der Waals surface area contributed by atoms with Gasteiger partial charge in [-0.2, -0.15) is 0 Å². The molecule has 0 saturated heterocycles. The molecule has 0 aliphatic heterocycles. The monoisotopic (exact) mass is 408 g/mol. The minimum Gasteiger partial charge on any atom is -0.443 e. The summed E-state index contributed by atoms with van der Waals surface area (Å²) in [6.07, 6.45) is 1.61. The van der Waals surface area contributed by atoms with Gasteiger partial charge >= 0.3 is 6.09 Å². The molecule has 0 bridgehead atoms. The summed E-state index contributed by atoms with van der Waals surface area (Å²) in [4.78, 5) is 26.0. The smallest absolute Gasteiger partial charge is 0.426 e. The van der Waals surface area contributed by atoms with Gasteiger partial charge in [0.15, 0.2) is 0 Å². The Kier molecular flexibility index (Phi) is 7.81. The van der Waals surface area contributed by atoms with Crippen molar-refractivity contribution in [3.63, 3.8) is 0 Å². The number of carbonyl (C=O) groups excluding carboxylic acids is 2. The Hall–Kier alpha value is -3.08. The molecular formula is C25H32N2O3. The van der Waals surface area contributed by atoms with E-state index in [4.69, 9.17) is 4.74 Å². The third-order valence-electron chi connectivity index (χ3n) is 4.81. The van der Waals surface area contributed by atoms with Crippen LogP contribution in [-0.4, -0.2) is 23.1 Å². The van der Waals surface area contributed by atoms with Gasteiger partial charge in [-0.15, -0.1) is 6.58 Å². The molecule has 2 amide bonds. The second-order valence-electron chi connectivity index (χ2n) is 8.63. The molecule has 0 saturated carbocycles. The molecule has 1 N–H and O–H groups in total. The molecule has 0 aliphatic rings. The number of carbonyl (C=O) groups is 2. The summed E-state index contributed by atoms with van der Waals surface area (Å²) in [7, 11) is 0. The number of ether oxygens (including phenoxy) is 1. The third kappa shape index (κ3) is 6.48. The summed E-state index contributed by atoms with van der Waals surface area (Å²) in [5.41, 5.74) is 5.76. The van der Waals surface area contributed by atoms with E-state index >= 15 is 0 Å². The highest BCUT2D eigenvalue weighted by atomic mass is 16.6. The normalized spacial score (nSPS) is 12.0. The lowest BCUT2D eigenvalue weighted by molar-refractivity contribution is 0.0280. The Morgan fingerprint density at radius 3 is 2.23 bits per heavy atom. The van der Waals surface area contributed by atoms with E-state index < -0.39 is 6.09 Å². The van der Waals surface area contributed by atoms with Gasteiger partial charge in [-0.1, -0.05) is 74.4 Å². The molecule has 160 valence electrons. The molecule has 5 heteroatoms. The molecule has 0 unspecified atom stereocenters. The van der Waals surface area contributed by atoms with Crippen molar-refractivity contribution in [1.82, 2.24) is 10.4 Å². The number of rotatable bonds is 6. The molecule has 5 nitrogen and oxygen atoms in total. The van der Waals surface area contributed by atoms with Gasteiger partial charge in [0.05, 0.1) is 6.04 Å². The summed E-state index contributed by atoms with van der Waals surface area (Å²) >= 11 is 0. The average molecular weight is 409 g/mol. The molecule has 1 atom stereocenters. The molecule has 2 aromatic rings. The zero-order valence-corrected chi connectivity index (χ0v) is 18.6. The van der Waals surface area contributed by atoms with Gasteiger partial charge in [0.1, 0.15) is 6.61 Å². The maximum atomic E-state index is 13.4. The van der Waals surface area contributed by atoms with Crippen LogP contribution in [0.3, 0.4) is 0 Å². The van der Waals surface area contributed by atoms with Crippen molar-refractivity contribution < 1.29 is 14.3 Å². The largest absolute Gasteiger partial charge is 0.443 e. The first kappa shape index (κ1) is 23.2. The maximum absolute atomic E-state index is 13.4. The number of hydrogen-bond acceptors (Lipinski definition) is 3. The van der Waals surface area contributed by atoms with Gasteiger partial charge in [-0.3, -0.25) is 4.79 Å². The van der Waals surface area contributed by atoms with E-state index in [0.29, 0.717) is 12.0 Å². The summed E-state index contributed by atoms with van der Waals surface area (Å²) in [5.74, 6) is -0.278. The van der Waals surface area contributed by atoms with Crippen molar-refractivity contribution in [2.45, 2.75) is 53.7 Å². The average Bonchev–Trinajstić information content (AvgIpc) is 2.67. The minimum atomic E-state index is -0.671. The first-order valence-corrected chi connectivity index (χ1v) is 10.1. The highest BCUT2D eigenvalue weighted by Crippen LogP contribution is 2.28. The van der Waals surface area contributed by atoms with Crippen LogP contribution in [-0.2, 0) is 11.3 Å². The Morgan fingerprint density at radius 1 is 1.10 bits per heavy atom. The number of amides is 2. The molecule has 0 radical (unpaired) electrons. The van der Waals surface area contributed by atoms with E-state index in [2.05, 4.69) is 12.0 Å². The highest BCUT2D eigenvalue weighted by molar-refractivity contribution is 5.95. The predicted molar refractivity (Wildman–Crippen MR) is 120 cm³/mol. The second-order valence-corrected chi connectivity index (χ2v) is 8.63. The quantitative estimate of drug-likeness (QED) is 0.501. The molecule has 0 aromatic heterocycles. The first-order chi connectivity index (χ1) is 14.1. The van der Waals surface area contributed by atoms with Gasteiger partial charge in [-0.25, -0.2) is 15.2 Å². The number of nitrogens with zero attached hydrogens (tertiary/aromatic N) is 1. The van der Waals surface area contributed by atoms with Crippen LogP contribution in [0.1, 0.15) is 54.2 Å². The van der Waals surface area contributed by atoms with E-state index in [-0.39, 0.29) is 24.0 Å². The molecule has 0 spiro atoms. The Balaban J connectivity index is 2.28. The van der Waals surface area contributed by atoms with Crippen molar-refractivity contribution >= 4 is 12.0 Å². The van der Waals surface area contributed by atoms with E-state index in [1.165, 1.54) is 5.01 Å². The van der Waals surface area contributed by atoms with Gasteiger partial charge in [0.2, 0.25) is 0 Å². The van der Waals surface area contributed by atoms with Crippen LogP contribution in [0.5, 0.6) is 0 Å². The minimum absolute atomic E-state index is 0.125.